The van der Waals surface area contributed by atoms with E-state index in [1.54, 1.807) is 0 Å². The normalized spacial score (nSPS) is 15.6. The van der Waals surface area contributed by atoms with Crippen LogP contribution in [0.2, 0.25) is 0 Å². The summed E-state index contributed by atoms with van der Waals surface area (Å²) in [5.41, 5.74) is 1.23. The fourth-order valence-electron chi connectivity index (χ4n) is 3.37. The quantitative estimate of drug-likeness (QED) is 0.710. The highest BCUT2D eigenvalue weighted by Gasteiger charge is 2.28. The van der Waals surface area contributed by atoms with Gasteiger partial charge >= 0.3 is 0 Å². The van der Waals surface area contributed by atoms with E-state index < -0.39 is 20.7 Å². The van der Waals surface area contributed by atoms with Gasteiger partial charge in [0.25, 0.3) is 0 Å². The Labute approximate surface area is 177 Å². The van der Waals surface area contributed by atoms with Crippen LogP contribution in [0.5, 0.6) is 11.5 Å². The fraction of sp³-hybridized carbons (Fsp3) is 0.400. The summed E-state index contributed by atoms with van der Waals surface area (Å²) in [5, 5.41) is 0. The van der Waals surface area contributed by atoms with Crippen molar-refractivity contribution in [2.45, 2.75) is 30.3 Å². The number of hydrogen-bond donors (Lipinski definition) is 1. The van der Waals surface area contributed by atoms with Gasteiger partial charge in [0.1, 0.15) is 10.7 Å². The van der Waals surface area contributed by atoms with E-state index >= 15 is 0 Å². The summed E-state index contributed by atoms with van der Waals surface area (Å²) >= 11 is 0. The molecule has 160 valence electrons. The second kappa shape index (κ2) is 10.2. The van der Waals surface area contributed by atoms with Crippen molar-refractivity contribution < 1.29 is 22.3 Å². The minimum absolute atomic E-state index is 0. The van der Waals surface area contributed by atoms with Crippen molar-refractivity contribution in [3.8, 4) is 11.5 Å². The smallest absolute Gasteiger partial charge is 0.243 e. The minimum Gasteiger partial charge on any atom is -0.493 e. The van der Waals surface area contributed by atoms with Crippen molar-refractivity contribution in [3.05, 3.63) is 53.8 Å². The summed E-state index contributed by atoms with van der Waals surface area (Å²) in [6.07, 6.45) is 1.34. The number of benzene rings is 2. The number of ether oxygens (including phenoxy) is 2. The van der Waals surface area contributed by atoms with Gasteiger partial charge in [0.15, 0.2) is 11.5 Å². The molecule has 0 atom stereocenters. The third-order valence-corrected chi connectivity index (χ3v) is 6.42. The van der Waals surface area contributed by atoms with E-state index in [1.807, 2.05) is 18.2 Å². The van der Waals surface area contributed by atoms with Crippen molar-refractivity contribution in [1.29, 1.82) is 0 Å². The predicted molar refractivity (Wildman–Crippen MR) is 112 cm³/mol. The molecule has 0 radical (unpaired) electrons. The van der Waals surface area contributed by atoms with Crippen LogP contribution in [0.25, 0.3) is 0 Å². The minimum atomic E-state index is -4.00. The maximum absolute atomic E-state index is 14.3. The number of methoxy groups -OCH3 is 2. The molecule has 1 saturated heterocycles. The Morgan fingerprint density at radius 2 is 1.66 bits per heavy atom. The average Bonchev–Trinajstić information content (AvgIpc) is 2.69. The molecule has 1 heterocycles. The fourth-order valence-corrected chi connectivity index (χ4v) is 4.75. The van der Waals surface area contributed by atoms with Gasteiger partial charge in [-0.2, -0.15) is 0 Å². The molecule has 0 unspecified atom stereocenters. The molecular formula is C20H26ClFN2O4S. The summed E-state index contributed by atoms with van der Waals surface area (Å²) in [6, 6.07) is 12.1. The largest absolute Gasteiger partial charge is 0.493 e. The van der Waals surface area contributed by atoms with E-state index in [9.17, 15) is 12.8 Å². The molecule has 1 aliphatic rings. The molecule has 1 N–H and O–H groups in total. The molecule has 1 fully saturated rings. The second-order valence-electron chi connectivity index (χ2n) is 6.79. The molecule has 2 aromatic carbocycles. The first-order chi connectivity index (χ1) is 13.4. The van der Waals surface area contributed by atoms with Gasteiger partial charge in [-0.1, -0.05) is 30.3 Å². The molecule has 6 nitrogen and oxygen atoms in total. The number of piperidine rings is 1. The molecule has 0 bridgehead atoms. The first kappa shape index (κ1) is 23.4. The van der Waals surface area contributed by atoms with Crippen LogP contribution in [0.15, 0.2) is 47.4 Å². The Bertz CT molecular complexity index is 904. The highest BCUT2D eigenvalue weighted by molar-refractivity contribution is 7.89. The van der Waals surface area contributed by atoms with Gasteiger partial charge < -0.3 is 9.47 Å². The van der Waals surface area contributed by atoms with Crippen LogP contribution in [0.3, 0.4) is 0 Å². The second-order valence-corrected chi connectivity index (χ2v) is 8.48. The lowest BCUT2D eigenvalue weighted by Crippen LogP contribution is -2.44. The molecule has 3 rings (SSSR count). The van der Waals surface area contributed by atoms with E-state index in [0.29, 0.717) is 12.8 Å². The molecule has 2 aromatic rings. The summed E-state index contributed by atoms with van der Waals surface area (Å²) in [4.78, 5) is 1.86. The molecule has 29 heavy (non-hydrogen) atoms. The Balaban J connectivity index is 0.00000300. The maximum atomic E-state index is 14.3. The Kier molecular flexibility index (Phi) is 8.27. The molecule has 0 aliphatic carbocycles. The molecule has 9 heteroatoms. The maximum Gasteiger partial charge on any atom is 0.243 e. The third-order valence-electron chi connectivity index (χ3n) is 4.89. The molecule has 0 amide bonds. The SMILES string of the molecule is COc1cc(F)c(S(=O)(=O)NC2CCN(Cc3ccccc3)CC2)cc1OC.Cl. The standard InChI is InChI=1S/C20H25FN2O4S.ClH/c1-26-18-12-17(21)20(13-19(18)27-2)28(24,25)22-16-8-10-23(11-9-16)14-15-6-4-3-5-7-15;/h3-7,12-13,16,22H,8-11,14H2,1-2H3;1H. The van der Waals surface area contributed by atoms with Crippen LogP contribution in [-0.2, 0) is 16.6 Å². The highest BCUT2D eigenvalue weighted by Crippen LogP contribution is 2.32. The van der Waals surface area contributed by atoms with E-state index in [-0.39, 0.29) is 29.9 Å². The first-order valence-corrected chi connectivity index (χ1v) is 10.6. The van der Waals surface area contributed by atoms with Crippen molar-refractivity contribution in [2.75, 3.05) is 27.3 Å². The van der Waals surface area contributed by atoms with E-state index in [0.717, 1.165) is 31.8 Å². The highest BCUT2D eigenvalue weighted by atomic mass is 35.5. The summed E-state index contributed by atoms with van der Waals surface area (Å²) in [6.45, 7) is 2.39. The van der Waals surface area contributed by atoms with Gasteiger partial charge in [-0.15, -0.1) is 12.4 Å². The average molecular weight is 445 g/mol. The van der Waals surface area contributed by atoms with Crippen molar-refractivity contribution in [1.82, 2.24) is 9.62 Å². The first-order valence-electron chi connectivity index (χ1n) is 9.13. The van der Waals surface area contributed by atoms with E-state index in [2.05, 4.69) is 21.8 Å². The number of rotatable bonds is 7. The van der Waals surface area contributed by atoms with Gasteiger partial charge in [0, 0.05) is 37.8 Å². The lowest BCUT2D eigenvalue weighted by atomic mass is 10.1. The number of halogens is 2. The zero-order valence-electron chi connectivity index (χ0n) is 16.4. The predicted octanol–water partition coefficient (Wildman–Crippen LogP) is 3.21. The van der Waals surface area contributed by atoms with Crippen molar-refractivity contribution in [3.63, 3.8) is 0 Å². The molecule has 0 aromatic heterocycles. The van der Waals surface area contributed by atoms with Crippen LogP contribution in [0.4, 0.5) is 4.39 Å². The van der Waals surface area contributed by atoms with Crippen LogP contribution in [0, 0.1) is 5.82 Å². The Hall–Kier alpha value is -1.87. The monoisotopic (exact) mass is 444 g/mol. The number of nitrogens with zero attached hydrogens (tertiary/aromatic N) is 1. The molecule has 0 saturated carbocycles. The number of sulfonamides is 1. The lowest BCUT2D eigenvalue weighted by molar-refractivity contribution is 0.200. The zero-order valence-corrected chi connectivity index (χ0v) is 18.1. The van der Waals surface area contributed by atoms with Gasteiger partial charge in [-0.25, -0.2) is 17.5 Å². The summed E-state index contributed by atoms with van der Waals surface area (Å²) in [7, 11) is -1.26. The number of nitrogens with one attached hydrogen (secondary N) is 1. The number of likely N-dealkylation sites (tertiary alicyclic amines) is 1. The number of hydrogen-bond acceptors (Lipinski definition) is 5. The van der Waals surface area contributed by atoms with Gasteiger partial charge in [-0.05, 0) is 18.4 Å². The van der Waals surface area contributed by atoms with Crippen molar-refractivity contribution >= 4 is 22.4 Å². The van der Waals surface area contributed by atoms with Crippen LogP contribution in [0.1, 0.15) is 18.4 Å². The van der Waals surface area contributed by atoms with Crippen LogP contribution >= 0.6 is 12.4 Å². The Morgan fingerprint density at radius 3 is 2.24 bits per heavy atom. The van der Waals surface area contributed by atoms with Gasteiger partial charge in [0.05, 0.1) is 14.2 Å². The molecule has 1 aliphatic heterocycles. The van der Waals surface area contributed by atoms with Gasteiger partial charge in [-0.3, -0.25) is 4.90 Å². The van der Waals surface area contributed by atoms with Crippen LogP contribution in [-0.4, -0.2) is 46.7 Å². The molecular weight excluding hydrogens is 419 g/mol. The van der Waals surface area contributed by atoms with Gasteiger partial charge in [0.2, 0.25) is 10.0 Å². The Morgan fingerprint density at radius 1 is 1.07 bits per heavy atom. The molecule has 0 spiro atoms. The summed E-state index contributed by atoms with van der Waals surface area (Å²) < 4.78 is 52.5. The third kappa shape index (κ3) is 5.82. The zero-order chi connectivity index (χ0) is 20.1. The van der Waals surface area contributed by atoms with Crippen LogP contribution < -0.4 is 14.2 Å². The van der Waals surface area contributed by atoms with E-state index in [4.69, 9.17) is 9.47 Å². The topological polar surface area (TPSA) is 67.9 Å². The van der Waals surface area contributed by atoms with E-state index in [1.165, 1.54) is 19.8 Å². The van der Waals surface area contributed by atoms with Crippen molar-refractivity contribution in [2.24, 2.45) is 0 Å². The summed E-state index contributed by atoms with van der Waals surface area (Å²) in [5.74, 6) is -0.554. The lowest BCUT2D eigenvalue weighted by Gasteiger charge is -2.32.